The number of rotatable bonds is 8. The van der Waals surface area contributed by atoms with E-state index >= 15 is 0 Å². The maximum Gasteiger partial charge on any atom is 0.257 e. The van der Waals surface area contributed by atoms with Crippen LogP contribution in [0.5, 0.6) is 5.75 Å². The standard InChI is InChI=1S/C32H40BrN7O2/c1-20(2)14-38-19-27(31(35-38)26-13-21(3)11-12-29(26)42-7)32(41)37-15-23(5)39(24(6)16-37)17-25-18-40(36-34-25)28-10-8-9-22(4)30(28)33/h8-13,18-20,23-24H,14-17H2,1-7H3/t23-,24+. The number of hydrogen-bond donors (Lipinski definition) is 0. The molecular weight excluding hydrogens is 594 g/mol. The Hall–Kier alpha value is -3.50. The van der Waals surface area contributed by atoms with Crippen molar-refractivity contribution in [2.75, 3.05) is 20.2 Å². The third kappa shape index (κ3) is 6.15. The fourth-order valence-corrected chi connectivity index (χ4v) is 6.19. The van der Waals surface area contributed by atoms with E-state index in [-0.39, 0.29) is 18.0 Å². The highest BCUT2D eigenvalue weighted by Gasteiger charge is 2.34. The lowest BCUT2D eigenvalue weighted by molar-refractivity contribution is 0.0264. The third-order valence-corrected chi connectivity index (χ3v) is 8.88. The lowest BCUT2D eigenvalue weighted by Crippen LogP contribution is -2.57. The van der Waals surface area contributed by atoms with Crippen LogP contribution in [-0.2, 0) is 13.1 Å². The summed E-state index contributed by atoms with van der Waals surface area (Å²) in [6.45, 7) is 15.4. The molecule has 0 saturated carbocycles. The highest BCUT2D eigenvalue weighted by atomic mass is 79.9. The molecule has 0 bridgehead atoms. The molecule has 1 fully saturated rings. The first-order chi connectivity index (χ1) is 20.0. The van der Waals surface area contributed by atoms with Crippen LogP contribution >= 0.6 is 15.9 Å². The van der Waals surface area contributed by atoms with Crippen LogP contribution in [-0.4, -0.2) is 72.8 Å². The van der Waals surface area contributed by atoms with Crippen LogP contribution in [0.15, 0.2) is 53.3 Å². The summed E-state index contributed by atoms with van der Waals surface area (Å²) >= 11 is 3.68. The van der Waals surface area contributed by atoms with E-state index in [1.165, 1.54) is 0 Å². The Morgan fingerprint density at radius 3 is 2.52 bits per heavy atom. The number of ether oxygens (including phenoxy) is 1. The zero-order valence-corrected chi connectivity index (χ0v) is 27.1. The number of benzene rings is 2. The van der Waals surface area contributed by atoms with E-state index in [4.69, 9.17) is 9.84 Å². The van der Waals surface area contributed by atoms with Gasteiger partial charge in [0.05, 0.1) is 30.3 Å². The quantitative estimate of drug-likeness (QED) is 0.240. The van der Waals surface area contributed by atoms with E-state index in [0.29, 0.717) is 42.6 Å². The van der Waals surface area contributed by atoms with Crippen molar-refractivity contribution >= 4 is 21.8 Å². The van der Waals surface area contributed by atoms with Crippen molar-refractivity contribution < 1.29 is 9.53 Å². The summed E-state index contributed by atoms with van der Waals surface area (Å²) in [6.07, 6.45) is 3.89. The van der Waals surface area contributed by atoms with Gasteiger partial charge in [0.15, 0.2) is 0 Å². The van der Waals surface area contributed by atoms with Gasteiger partial charge in [0.2, 0.25) is 0 Å². The van der Waals surface area contributed by atoms with Gasteiger partial charge in [-0.3, -0.25) is 14.4 Å². The molecule has 42 heavy (non-hydrogen) atoms. The summed E-state index contributed by atoms with van der Waals surface area (Å²) in [5.74, 6) is 1.10. The number of amides is 1. The van der Waals surface area contributed by atoms with E-state index in [1.807, 2.05) is 63.9 Å². The van der Waals surface area contributed by atoms with Crippen molar-refractivity contribution in [3.8, 4) is 22.7 Å². The van der Waals surface area contributed by atoms with Gasteiger partial charge in [-0.05, 0) is 73.3 Å². The first-order valence-electron chi connectivity index (χ1n) is 14.5. The van der Waals surface area contributed by atoms with E-state index in [1.54, 1.807) is 7.11 Å². The number of piperazine rings is 1. The van der Waals surface area contributed by atoms with Gasteiger partial charge in [-0.25, -0.2) is 4.68 Å². The minimum absolute atomic E-state index is 0.00263. The Morgan fingerprint density at radius 2 is 1.83 bits per heavy atom. The highest BCUT2D eigenvalue weighted by Crippen LogP contribution is 2.34. The second-order valence-corrected chi connectivity index (χ2v) is 12.6. The molecule has 0 spiro atoms. The molecule has 1 saturated heterocycles. The van der Waals surface area contributed by atoms with Crippen LogP contribution in [0.25, 0.3) is 16.9 Å². The molecule has 9 nitrogen and oxygen atoms in total. The lowest BCUT2D eigenvalue weighted by atomic mass is 10.0. The number of methoxy groups -OCH3 is 1. The molecule has 4 aromatic rings. The molecule has 0 radical (unpaired) electrons. The molecule has 10 heteroatoms. The second kappa shape index (κ2) is 12.4. The summed E-state index contributed by atoms with van der Waals surface area (Å²) in [6, 6.07) is 12.4. The number of carbonyl (C=O) groups excluding carboxylic acids is 1. The smallest absolute Gasteiger partial charge is 0.257 e. The molecule has 2 aromatic carbocycles. The predicted octanol–water partition coefficient (Wildman–Crippen LogP) is 5.91. The zero-order valence-electron chi connectivity index (χ0n) is 25.5. The maximum absolute atomic E-state index is 14.1. The summed E-state index contributed by atoms with van der Waals surface area (Å²) in [5.41, 5.74) is 6.21. The summed E-state index contributed by atoms with van der Waals surface area (Å²) in [4.78, 5) is 18.5. The monoisotopic (exact) mass is 633 g/mol. The highest BCUT2D eigenvalue weighted by molar-refractivity contribution is 9.10. The lowest BCUT2D eigenvalue weighted by Gasteiger charge is -2.44. The fourth-order valence-electron chi connectivity index (χ4n) is 5.74. The van der Waals surface area contributed by atoms with Gasteiger partial charge in [-0.2, -0.15) is 5.10 Å². The number of aromatic nitrogens is 5. The van der Waals surface area contributed by atoms with Gasteiger partial charge < -0.3 is 9.64 Å². The summed E-state index contributed by atoms with van der Waals surface area (Å²) < 4.78 is 10.4. The van der Waals surface area contributed by atoms with E-state index in [0.717, 1.165) is 39.1 Å². The normalized spacial score (nSPS) is 17.7. The Morgan fingerprint density at radius 1 is 1.10 bits per heavy atom. The predicted molar refractivity (Wildman–Crippen MR) is 168 cm³/mol. The van der Waals surface area contributed by atoms with Crippen LogP contribution in [0, 0.1) is 19.8 Å². The van der Waals surface area contributed by atoms with Crippen molar-refractivity contribution in [1.29, 1.82) is 0 Å². The second-order valence-electron chi connectivity index (χ2n) is 11.9. The first-order valence-corrected chi connectivity index (χ1v) is 15.3. The molecule has 1 aliphatic rings. The number of carbonyl (C=O) groups is 1. The minimum atomic E-state index is -0.00263. The SMILES string of the molecule is COc1ccc(C)cc1-c1nn(CC(C)C)cc1C(=O)N1C[C@@H](C)N(Cc2cn(-c3cccc(C)c3Br)nn2)[C@@H](C)C1. The molecular formula is C32H40BrN7O2. The molecule has 2 aromatic heterocycles. The van der Waals surface area contributed by atoms with Crippen LogP contribution in [0.1, 0.15) is 54.9 Å². The fraction of sp³-hybridized carbons (Fsp3) is 0.438. The topological polar surface area (TPSA) is 81.3 Å². The first kappa shape index (κ1) is 30.0. The number of hydrogen-bond acceptors (Lipinski definition) is 6. The number of nitrogens with zero attached hydrogens (tertiary/aromatic N) is 7. The van der Waals surface area contributed by atoms with Crippen molar-refractivity contribution in [3.63, 3.8) is 0 Å². The van der Waals surface area contributed by atoms with Gasteiger partial charge in [0.1, 0.15) is 11.4 Å². The minimum Gasteiger partial charge on any atom is -0.496 e. The Bertz CT molecular complexity index is 1560. The van der Waals surface area contributed by atoms with Crippen LogP contribution in [0.2, 0.25) is 0 Å². The zero-order chi connectivity index (χ0) is 30.1. The van der Waals surface area contributed by atoms with E-state index in [9.17, 15) is 4.79 Å². The average Bonchev–Trinajstić information content (AvgIpc) is 3.58. The Balaban J connectivity index is 1.36. The van der Waals surface area contributed by atoms with Crippen LogP contribution < -0.4 is 4.74 Å². The largest absolute Gasteiger partial charge is 0.496 e. The van der Waals surface area contributed by atoms with E-state index in [2.05, 4.69) is 71.8 Å². The molecule has 1 aliphatic heterocycles. The molecule has 0 N–H and O–H groups in total. The molecule has 0 unspecified atom stereocenters. The van der Waals surface area contributed by atoms with Gasteiger partial charge >= 0.3 is 0 Å². The van der Waals surface area contributed by atoms with Crippen LogP contribution in [0.3, 0.4) is 0 Å². The Kier molecular flexibility index (Phi) is 8.84. The molecule has 3 heterocycles. The van der Waals surface area contributed by atoms with Crippen molar-refractivity contribution in [2.24, 2.45) is 5.92 Å². The average molecular weight is 635 g/mol. The molecule has 1 amide bonds. The number of aryl methyl sites for hydroxylation is 2. The molecule has 5 rings (SSSR count). The van der Waals surface area contributed by atoms with Gasteiger partial charge in [-0.15, -0.1) is 5.10 Å². The summed E-state index contributed by atoms with van der Waals surface area (Å²) in [5, 5.41) is 13.8. The third-order valence-electron chi connectivity index (χ3n) is 7.85. The molecule has 2 atom stereocenters. The van der Waals surface area contributed by atoms with E-state index < -0.39 is 0 Å². The molecule has 222 valence electrons. The maximum atomic E-state index is 14.1. The van der Waals surface area contributed by atoms with Gasteiger partial charge in [0.25, 0.3) is 5.91 Å². The summed E-state index contributed by atoms with van der Waals surface area (Å²) in [7, 11) is 1.65. The van der Waals surface area contributed by atoms with Crippen molar-refractivity contribution in [2.45, 2.75) is 66.7 Å². The number of halogens is 1. The van der Waals surface area contributed by atoms with Crippen molar-refractivity contribution in [1.82, 2.24) is 34.6 Å². The van der Waals surface area contributed by atoms with Gasteiger partial charge in [-0.1, -0.05) is 42.8 Å². The molecule has 0 aliphatic carbocycles. The van der Waals surface area contributed by atoms with Gasteiger partial charge in [0, 0.05) is 54.5 Å². The van der Waals surface area contributed by atoms with Crippen molar-refractivity contribution in [3.05, 3.63) is 75.6 Å². The van der Waals surface area contributed by atoms with Crippen LogP contribution in [0.4, 0.5) is 0 Å². The Labute approximate surface area is 256 Å².